The van der Waals surface area contributed by atoms with Gasteiger partial charge in [0.15, 0.2) is 16.5 Å². The van der Waals surface area contributed by atoms with Gasteiger partial charge in [0, 0.05) is 52.5 Å². The van der Waals surface area contributed by atoms with Gasteiger partial charge in [-0.15, -0.1) is 11.3 Å². The van der Waals surface area contributed by atoms with Gasteiger partial charge in [-0.3, -0.25) is 4.99 Å². The number of aliphatic imine (C=N–C) groups is 1. The number of thiazole rings is 1. The second kappa shape index (κ2) is 12.4. The van der Waals surface area contributed by atoms with E-state index in [1.54, 1.807) is 32.3 Å². The molecule has 0 spiro atoms. The molecule has 41 heavy (non-hydrogen) atoms. The fraction of sp³-hybridized carbons (Fsp3) is 0.357. The average Bonchev–Trinajstić information content (AvgIpc) is 3.52. The Balaban J connectivity index is 1.48. The molecule has 1 N–H and O–H groups in total. The van der Waals surface area contributed by atoms with Crippen LogP contribution >= 0.6 is 27.3 Å². The van der Waals surface area contributed by atoms with E-state index in [1.807, 2.05) is 10.3 Å². The number of rotatable bonds is 7. The Labute approximate surface area is 248 Å². The van der Waals surface area contributed by atoms with Crippen LogP contribution in [-0.2, 0) is 14.3 Å². The standard InChI is InChI=1S/C28H28BrFN6O4S/c1-4-40-27(38)21-15(2)14-32-28(35-21)36-10-7-16(8-11-36)22-20(26(37)39-3)23(18-6-5-17(30)13-19(18)29)34-24(33-22)25-31-9-12-41-25/h5-6,9,12-14,16,23H,4,7-8,10-11H2,1-3H3,(H,33,34). The van der Waals surface area contributed by atoms with E-state index in [4.69, 9.17) is 14.5 Å². The molecule has 1 unspecified atom stereocenters. The Morgan fingerprint density at radius 1 is 1.22 bits per heavy atom. The molecule has 2 aliphatic heterocycles. The van der Waals surface area contributed by atoms with Crippen LogP contribution < -0.4 is 10.2 Å². The molecule has 1 atom stereocenters. The molecule has 2 aliphatic rings. The van der Waals surface area contributed by atoms with Crippen LogP contribution in [0.25, 0.3) is 0 Å². The third-order valence-electron chi connectivity index (χ3n) is 6.99. The summed E-state index contributed by atoms with van der Waals surface area (Å²) in [6.07, 6.45) is 4.65. The average molecular weight is 644 g/mol. The number of nitrogens with zero attached hydrogens (tertiary/aromatic N) is 5. The lowest BCUT2D eigenvalue weighted by Gasteiger charge is -2.36. The maximum absolute atomic E-state index is 14.0. The normalized spacial score (nSPS) is 17.6. The van der Waals surface area contributed by atoms with Gasteiger partial charge < -0.3 is 19.7 Å². The molecule has 0 amide bonds. The van der Waals surface area contributed by atoms with Gasteiger partial charge in [-0.25, -0.2) is 28.9 Å². The zero-order valence-electron chi connectivity index (χ0n) is 22.7. The number of halogens is 2. The van der Waals surface area contributed by atoms with E-state index in [-0.39, 0.29) is 18.2 Å². The van der Waals surface area contributed by atoms with E-state index in [2.05, 4.69) is 36.2 Å². The smallest absolute Gasteiger partial charge is 0.357 e. The number of hydrogen-bond donors (Lipinski definition) is 1. The molecular weight excluding hydrogens is 615 g/mol. The third kappa shape index (κ3) is 6.01. The van der Waals surface area contributed by atoms with Crippen LogP contribution in [-0.4, -0.2) is 59.5 Å². The Morgan fingerprint density at radius 2 is 2.00 bits per heavy atom. The largest absolute Gasteiger partial charge is 0.466 e. The van der Waals surface area contributed by atoms with Gasteiger partial charge in [-0.1, -0.05) is 22.0 Å². The summed E-state index contributed by atoms with van der Waals surface area (Å²) in [4.78, 5) is 45.9. The molecule has 1 saturated heterocycles. The number of allylic oxidation sites excluding steroid dienone is 1. The van der Waals surface area contributed by atoms with Crippen molar-refractivity contribution in [3.8, 4) is 0 Å². The lowest BCUT2D eigenvalue weighted by atomic mass is 9.86. The van der Waals surface area contributed by atoms with Crippen molar-refractivity contribution in [2.45, 2.75) is 32.7 Å². The number of methoxy groups -OCH3 is 1. The number of aryl methyl sites for hydroxylation is 1. The van der Waals surface area contributed by atoms with Gasteiger partial charge in [0.1, 0.15) is 11.9 Å². The number of hydrogen-bond acceptors (Lipinski definition) is 11. The molecular formula is C28H28BrFN6O4S. The Bertz CT molecular complexity index is 1520. The van der Waals surface area contributed by atoms with E-state index in [0.717, 1.165) is 0 Å². The highest BCUT2D eigenvalue weighted by Crippen LogP contribution is 2.40. The monoisotopic (exact) mass is 642 g/mol. The minimum absolute atomic E-state index is 0.0532. The summed E-state index contributed by atoms with van der Waals surface area (Å²) in [6.45, 7) is 4.96. The van der Waals surface area contributed by atoms with Crippen molar-refractivity contribution in [2.24, 2.45) is 10.9 Å². The number of benzene rings is 1. The van der Waals surface area contributed by atoms with E-state index in [9.17, 15) is 14.0 Å². The lowest BCUT2D eigenvalue weighted by molar-refractivity contribution is -0.136. The topological polar surface area (TPSA) is 119 Å². The second-order valence-corrected chi connectivity index (χ2v) is 11.3. The molecule has 1 fully saturated rings. The summed E-state index contributed by atoms with van der Waals surface area (Å²) in [5, 5.41) is 5.92. The van der Waals surface area contributed by atoms with Crippen molar-refractivity contribution in [3.05, 3.63) is 79.4 Å². The van der Waals surface area contributed by atoms with Gasteiger partial charge in [-0.05, 0) is 44.4 Å². The molecule has 0 saturated carbocycles. The fourth-order valence-corrected chi connectivity index (χ4v) is 6.13. The highest BCUT2D eigenvalue weighted by Gasteiger charge is 2.37. The minimum atomic E-state index is -0.738. The molecule has 10 nitrogen and oxygen atoms in total. The number of aromatic nitrogens is 3. The van der Waals surface area contributed by atoms with E-state index in [0.29, 0.717) is 69.6 Å². The minimum Gasteiger partial charge on any atom is -0.466 e. The summed E-state index contributed by atoms with van der Waals surface area (Å²) in [6, 6.07) is 3.59. The number of carbonyl (C=O) groups excluding carboxylic acids is 2. The van der Waals surface area contributed by atoms with Crippen LogP contribution in [0, 0.1) is 18.7 Å². The molecule has 3 aromatic rings. The Kier molecular flexibility index (Phi) is 8.74. The van der Waals surface area contributed by atoms with Crippen molar-refractivity contribution in [2.75, 3.05) is 31.7 Å². The predicted molar refractivity (Wildman–Crippen MR) is 155 cm³/mol. The van der Waals surface area contributed by atoms with Crippen molar-refractivity contribution in [1.29, 1.82) is 0 Å². The summed E-state index contributed by atoms with van der Waals surface area (Å²) in [5.74, 6) is -0.461. The molecule has 214 valence electrons. The van der Waals surface area contributed by atoms with Gasteiger partial charge >= 0.3 is 11.9 Å². The number of ether oxygens (including phenoxy) is 2. The number of nitrogens with one attached hydrogen (secondary N) is 1. The summed E-state index contributed by atoms with van der Waals surface area (Å²) < 4.78 is 24.9. The van der Waals surface area contributed by atoms with E-state index < -0.39 is 23.8 Å². The van der Waals surface area contributed by atoms with Crippen LogP contribution in [0.4, 0.5) is 10.3 Å². The number of amidine groups is 1. The molecule has 0 radical (unpaired) electrons. The van der Waals surface area contributed by atoms with Gasteiger partial charge in [0.05, 0.1) is 19.3 Å². The predicted octanol–water partition coefficient (Wildman–Crippen LogP) is 4.75. The highest BCUT2D eigenvalue weighted by atomic mass is 79.9. The Hall–Kier alpha value is -3.71. The van der Waals surface area contributed by atoms with Crippen molar-refractivity contribution in [1.82, 2.24) is 20.3 Å². The number of anilines is 1. The van der Waals surface area contributed by atoms with Gasteiger partial charge in [-0.2, -0.15) is 0 Å². The Morgan fingerprint density at radius 3 is 2.66 bits per heavy atom. The summed E-state index contributed by atoms with van der Waals surface area (Å²) >= 11 is 4.89. The first kappa shape index (κ1) is 28.8. The van der Waals surface area contributed by atoms with Gasteiger partial charge in [0.25, 0.3) is 0 Å². The SMILES string of the molecule is CCOC(=O)c1nc(N2CCC(C3=C(C(=O)OC)C(c4ccc(F)cc4Br)N=C(c4nccs4)N3)CC2)ncc1C. The van der Waals surface area contributed by atoms with Gasteiger partial charge in [0.2, 0.25) is 5.95 Å². The van der Waals surface area contributed by atoms with Crippen molar-refractivity contribution < 1.29 is 23.5 Å². The zero-order chi connectivity index (χ0) is 29.1. The summed E-state index contributed by atoms with van der Waals surface area (Å²) in [5.41, 5.74) is 2.61. The molecule has 2 aromatic heterocycles. The van der Waals surface area contributed by atoms with Crippen molar-refractivity contribution >= 4 is 51.0 Å². The molecule has 0 aliphatic carbocycles. The first-order valence-electron chi connectivity index (χ1n) is 13.1. The van der Waals surface area contributed by atoms with E-state index >= 15 is 0 Å². The van der Waals surface area contributed by atoms with Crippen LogP contribution in [0.2, 0.25) is 0 Å². The number of piperidine rings is 1. The summed E-state index contributed by atoms with van der Waals surface area (Å²) in [7, 11) is 1.34. The molecule has 5 rings (SSSR count). The first-order chi connectivity index (χ1) is 19.8. The fourth-order valence-electron chi connectivity index (χ4n) is 4.98. The molecule has 1 aromatic carbocycles. The third-order valence-corrected chi connectivity index (χ3v) is 8.45. The van der Waals surface area contributed by atoms with Crippen LogP contribution in [0.1, 0.15) is 52.4 Å². The van der Waals surface area contributed by atoms with Crippen molar-refractivity contribution in [3.63, 3.8) is 0 Å². The second-order valence-electron chi connectivity index (χ2n) is 9.51. The number of carbonyl (C=O) groups is 2. The quantitative estimate of drug-likeness (QED) is 0.364. The van der Waals surface area contributed by atoms with Crippen LogP contribution in [0.3, 0.4) is 0 Å². The molecule has 13 heteroatoms. The van der Waals surface area contributed by atoms with Crippen LogP contribution in [0.5, 0.6) is 0 Å². The zero-order valence-corrected chi connectivity index (χ0v) is 25.1. The molecule has 0 bridgehead atoms. The molecule has 4 heterocycles. The highest BCUT2D eigenvalue weighted by molar-refractivity contribution is 9.10. The maximum Gasteiger partial charge on any atom is 0.357 e. The van der Waals surface area contributed by atoms with E-state index in [1.165, 1.54) is 30.6 Å². The van der Waals surface area contributed by atoms with Crippen LogP contribution in [0.15, 0.2) is 56.7 Å². The number of esters is 2. The first-order valence-corrected chi connectivity index (χ1v) is 14.8. The maximum atomic E-state index is 14.0. The lowest BCUT2D eigenvalue weighted by Crippen LogP contribution is -2.42.